The van der Waals surface area contributed by atoms with Crippen LogP contribution in [0.4, 0.5) is 0 Å². The lowest BCUT2D eigenvalue weighted by Crippen LogP contribution is -2.61. The van der Waals surface area contributed by atoms with Crippen LogP contribution in [-0.4, -0.2) is 137 Å². The van der Waals surface area contributed by atoms with E-state index in [-0.39, 0.29) is 0 Å². The Kier molecular flexibility index (Phi) is 13.0. The molecule has 4 unspecified atom stereocenters. The van der Waals surface area contributed by atoms with Crippen molar-refractivity contribution in [2.24, 2.45) is 0 Å². The first-order chi connectivity index (χ1) is 31.4. The van der Waals surface area contributed by atoms with Gasteiger partial charge in [-0.05, 0) is 67.1 Å². The van der Waals surface area contributed by atoms with Gasteiger partial charge in [0.05, 0.1) is 22.3 Å². The van der Waals surface area contributed by atoms with Crippen LogP contribution in [0.2, 0.25) is 0 Å². The van der Waals surface area contributed by atoms with Crippen molar-refractivity contribution in [3.63, 3.8) is 0 Å². The Morgan fingerprint density at radius 2 is 0.746 bits per heavy atom. The van der Waals surface area contributed by atoms with Crippen LogP contribution in [0, 0.1) is 0 Å². The van der Waals surface area contributed by atoms with Gasteiger partial charge in [0.1, 0.15) is 12.2 Å². The number of carbonyl (C=O) groups excluding carboxylic acids is 5. The van der Waals surface area contributed by atoms with Crippen LogP contribution in [0.15, 0.2) is 60.7 Å². The number of esters is 4. The average molecular weight is 939 g/mol. The van der Waals surface area contributed by atoms with E-state index in [2.05, 4.69) is 0 Å². The molecule has 0 bridgehead atoms. The molecule has 0 amide bonds. The van der Waals surface area contributed by atoms with E-state index >= 15 is 0 Å². The van der Waals surface area contributed by atoms with Gasteiger partial charge in [0.25, 0.3) is 0 Å². The first-order valence-corrected chi connectivity index (χ1v) is 18.7. The molecule has 1 saturated heterocycles. The number of aliphatic hydroxyl groups is 1. The van der Waals surface area contributed by atoms with Crippen LogP contribution >= 0.6 is 0 Å². The van der Waals surface area contributed by atoms with E-state index in [0.717, 1.165) is 12.1 Å². The first-order valence-electron chi connectivity index (χ1n) is 18.7. The monoisotopic (exact) mass is 938 g/mol. The van der Waals surface area contributed by atoms with Crippen LogP contribution < -0.4 is 4.74 Å². The summed E-state index contributed by atoms with van der Waals surface area (Å²) in [7, 11) is 0. The normalized spacial score (nSPS) is 17.8. The Morgan fingerprint density at radius 3 is 1.16 bits per heavy atom. The fraction of sp³-hybridized carbons (Fsp3) is 0.167. The van der Waals surface area contributed by atoms with Crippen molar-refractivity contribution in [2.75, 3.05) is 0 Å². The number of benzene rings is 5. The zero-order chi connectivity index (χ0) is 49.3. The molecule has 0 radical (unpaired) electrons. The molecule has 1 aliphatic heterocycles. The Hall–Kier alpha value is -9.23. The third kappa shape index (κ3) is 9.81. The lowest BCUT2D eigenvalue weighted by Gasteiger charge is -2.43. The van der Waals surface area contributed by atoms with E-state index in [4.69, 9.17) is 23.7 Å². The van der Waals surface area contributed by atoms with Gasteiger partial charge in [-0.25, -0.2) is 19.2 Å². The maximum Gasteiger partial charge on any atom is 0.343 e. The largest absolute Gasteiger partial charge is 0.504 e. The number of ketones is 1. The van der Waals surface area contributed by atoms with Crippen molar-refractivity contribution < 1.29 is 124 Å². The highest BCUT2D eigenvalue weighted by Gasteiger charge is 2.51. The third-order valence-corrected chi connectivity index (χ3v) is 9.78. The minimum atomic E-state index is -2.44. The standard InChI is InChI=1S/C42H34O25/c43-18(13-3-19(44)30(53)20(45)4-13)1-2-28-36(65-39(60)15-7-23(48)32(55)24(49)8-15)35(58)37(42(64-28)67-41(62)16-9-25(50)33(56)26(51)10-16)66-40(61)17-11-27(52)34(57)29(12-17)63-38(59)14-5-21(46)31(54)22(47)6-14/h3-12,28,35-37,42,44-58H,1-2H2/t28?,35?,36-,37?,42?/m0/s1. The van der Waals surface area contributed by atoms with Gasteiger partial charge in [-0.1, -0.05) is 0 Å². The summed E-state index contributed by atoms with van der Waals surface area (Å²) >= 11 is 0. The maximum atomic E-state index is 13.8. The molecular formula is C42H34O25. The van der Waals surface area contributed by atoms with Gasteiger partial charge in [0, 0.05) is 12.0 Å². The molecule has 0 aromatic heterocycles. The number of hydrogen-bond donors (Lipinski definition) is 15. The van der Waals surface area contributed by atoms with Crippen molar-refractivity contribution in [3.8, 4) is 86.2 Å². The predicted molar refractivity (Wildman–Crippen MR) is 213 cm³/mol. The molecule has 5 aromatic carbocycles. The Labute approximate surface area is 371 Å². The van der Waals surface area contributed by atoms with Gasteiger partial charge in [-0.15, -0.1) is 0 Å². The highest BCUT2D eigenvalue weighted by atomic mass is 16.7. The highest BCUT2D eigenvalue weighted by Crippen LogP contribution is 2.42. The molecule has 6 rings (SSSR count). The molecule has 15 N–H and O–H groups in total. The summed E-state index contributed by atoms with van der Waals surface area (Å²) in [6, 6.07) is 6.40. The number of hydrogen-bond acceptors (Lipinski definition) is 25. The van der Waals surface area contributed by atoms with Crippen molar-refractivity contribution in [1.82, 2.24) is 0 Å². The van der Waals surface area contributed by atoms with E-state index in [0.29, 0.717) is 48.5 Å². The summed E-state index contributed by atoms with van der Waals surface area (Å²) in [4.78, 5) is 67.0. The summed E-state index contributed by atoms with van der Waals surface area (Å²) < 4.78 is 27.1. The minimum absolute atomic E-state index is 0.393. The van der Waals surface area contributed by atoms with Crippen molar-refractivity contribution in [3.05, 3.63) is 88.5 Å². The van der Waals surface area contributed by atoms with Gasteiger partial charge in [0.15, 0.2) is 98.5 Å². The minimum Gasteiger partial charge on any atom is -0.504 e. The number of Topliss-reactive ketones (excluding diaryl/α,β-unsaturated/α-hetero) is 1. The molecule has 67 heavy (non-hydrogen) atoms. The second kappa shape index (κ2) is 18.5. The molecule has 25 nitrogen and oxygen atoms in total. The second-order valence-electron chi connectivity index (χ2n) is 14.3. The number of rotatable bonds is 12. The van der Waals surface area contributed by atoms with Gasteiger partial charge < -0.3 is 100 Å². The topological polar surface area (TPSA) is 435 Å². The highest BCUT2D eigenvalue weighted by molar-refractivity contribution is 5.98. The van der Waals surface area contributed by atoms with E-state index in [9.17, 15) is 101 Å². The Bertz CT molecular complexity index is 2740. The molecule has 0 aliphatic carbocycles. The number of aliphatic hydroxyl groups excluding tert-OH is 1. The summed E-state index contributed by atoms with van der Waals surface area (Å²) in [6.45, 7) is 0. The van der Waals surface area contributed by atoms with Gasteiger partial charge in [0.2, 0.25) is 12.0 Å². The molecule has 1 heterocycles. The SMILES string of the molecule is O=C(CCC1OC(OC(=O)c2cc(O)c(O)c(O)c2)C(OC(=O)c2cc(O)c(O)c(OC(=O)c3cc(O)c(O)c(O)c3)c2)C(O)[C@H]1OC(=O)c1cc(O)c(O)c(O)c1)c1cc(O)c(O)c(O)c1. The van der Waals surface area contributed by atoms with Crippen molar-refractivity contribution in [1.29, 1.82) is 0 Å². The fourth-order valence-corrected chi connectivity index (χ4v) is 6.35. The van der Waals surface area contributed by atoms with Crippen LogP contribution in [-0.2, 0) is 18.9 Å². The Balaban J connectivity index is 1.38. The zero-order valence-corrected chi connectivity index (χ0v) is 33.4. The quantitative estimate of drug-likeness (QED) is 0.0280. The summed E-state index contributed by atoms with van der Waals surface area (Å²) in [5, 5.41) is 151. The molecule has 1 aliphatic rings. The number of ether oxygens (including phenoxy) is 5. The average Bonchev–Trinajstić information content (AvgIpc) is 3.27. The van der Waals surface area contributed by atoms with E-state index in [1.807, 2.05) is 0 Å². The van der Waals surface area contributed by atoms with Crippen LogP contribution in [0.1, 0.15) is 64.6 Å². The number of carbonyl (C=O) groups is 5. The summed E-state index contributed by atoms with van der Waals surface area (Å²) in [5.74, 6) is -22.3. The van der Waals surface area contributed by atoms with E-state index in [1.54, 1.807) is 0 Å². The number of aromatic hydroxyl groups is 14. The summed E-state index contributed by atoms with van der Waals surface area (Å²) in [6.07, 6.45) is -12.5. The number of phenolic OH excluding ortho intramolecular Hbond substituents is 14. The lowest BCUT2D eigenvalue weighted by atomic mass is 9.93. The fourth-order valence-electron chi connectivity index (χ4n) is 6.35. The van der Waals surface area contributed by atoms with Crippen LogP contribution in [0.25, 0.3) is 0 Å². The van der Waals surface area contributed by atoms with Gasteiger partial charge in [-0.2, -0.15) is 0 Å². The first kappa shape index (κ1) is 47.3. The van der Waals surface area contributed by atoms with Crippen molar-refractivity contribution >= 4 is 29.7 Å². The second-order valence-corrected chi connectivity index (χ2v) is 14.3. The molecule has 0 saturated carbocycles. The number of phenols is 14. The van der Waals surface area contributed by atoms with Crippen molar-refractivity contribution in [2.45, 2.75) is 43.5 Å². The molecule has 1 fully saturated rings. The molecule has 25 heteroatoms. The smallest absolute Gasteiger partial charge is 0.343 e. The molecule has 5 atom stereocenters. The molecule has 352 valence electrons. The van der Waals surface area contributed by atoms with Crippen LogP contribution in [0.3, 0.4) is 0 Å². The van der Waals surface area contributed by atoms with Gasteiger partial charge in [-0.3, -0.25) is 4.79 Å². The Morgan fingerprint density at radius 1 is 0.418 bits per heavy atom. The predicted octanol–water partition coefficient (Wildman–Crippen LogP) is 2.14. The molecular weight excluding hydrogens is 904 g/mol. The third-order valence-electron chi connectivity index (χ3n) is 9.78. The van der Waals surface area contributed by atoms with Crippen LogP contribution in [0.5, 0.6) is 86.2 Å². The van der Waals surface area contributed by atoms with E-state index < -0.39 is 187 Å². The molecule has 0 spiro atoms. The summed E-state index contributed by atoms with van der Waals surface area (Å²) in [5.41, 5.74) is -3.23. The lowest BCUT2D eigenvalue weighted by molar-refractivity contribution is -0.279. The van der Waals surface area contributed by atoms with Gasteiger partial charge >= 0.3 is 23.9 Å². The zero-order valence-electron chi connectivity index (χ0n) is 33.4. The molecule has 5 aromatic rings. The maximum absolute atomic E-state index is 13.8. The van der Waals surface area contributed by atoms with E-state index in [1.165, 1.54) is 0 Å².